The van der Waals surface area contributed by atoms with Gasteiger partial charge in [0.05, 0.1) is 5.52 Å². The minimum atomic E-state index is -0.731. The van der Waals surface area contributed by atoms with Gasteiger partial charge in [-0.15, -0.1) is 0 Å². The van der Waals surface area contributed by atoms with Crippen LogP contribution >= 0.6 is 0 Å². The molecule has 0 aliphatic rings. The summed E-state index contributed by atoms with van der Waals surface area (Å²) in [5, 5.41) is 7.34. The van der Waals surface area contributed by atoms with Crippen LogP contribution in [-0.4, -0.2) is 27.8 Å². The molecule has 7 nitrogen and oxygen atoms in total. The van der Waals surface area contributed by atoms with Crippen LogP contribution in [0.5, 0.6) is 0 Å². The van der Waals surface area contributed by atoms with Gasteiger partial charge in [0.15, 0.2) is 5.69 Å². The number of benzene rings is 1. The van der Waals surface area contributed by atoms with E-state index >= 15 is 0 Å². The van der Waals surface area contributed by atoms with Crippen LogP contribution in [0.2, 0.25) is 0 Å². The molecule has 1 aromatic heterocycles. The molecule has 0 aliphatic carbocycles. The van der Waals surface area contributed by atoms with E-state index in [4.69, 9.17) is 4.74 Å². The van der Waals surface area contributed by atoms with Crippen LogP contribution in [0.25, 0.3) is 10.9 Å². The summed E-state index contributed by atoms with van der Waals surface area (Å²) in [6.45, 7) is 5.20. The molecule has 7 heteroatoms. The number of fused-ring (bicyclic) bond motifs is 1. The second-order valence-corrected chi connectivity index (χ2v) is 5.20. The molecule has 0 bridgehead atoms. The summed E-state index contributed by atoms with van der Waals surface area (Å²) < 4.78 is 5.00. The Morgan fingerprint density at radius 2 is 1.90 bits per heavy atom. The number of hydrazine groups is 1. The highest BCUT2D eigenvalue weighted by Gasteiger charge is 2.18. The summed E-state index contributed by atoms with van der Waals surface area (Å²) in [6.07, 6.45) is -0.731. The Labute approximate surface area is 115 Å². The van der Waals surface area contributed by atoms with E-state index in [1.54, 1.807) is 39.0 Å². The van der Waals surface area contributed by atoms with Crippen LogP contribution < -0.4 is 10.9 Å². The van der Waals surface area contributed by atoms with E-state index < -0.39 is 17.6 Å². The van der Waals surface area contributed by atoms with Crippen molar-refractivity contribution >= 4 is 22.9 Å². The Morgan fingerprint density at radius 3 is 2.60 bits per heavy atom. The molecule has 3 N–H and O–H groups in total. The molecular weight excluding hydrogens is 260 g/mol. The van der Waals surface area contributed by atoms with E-state index in [-0.39, 0.29) is 5.69 Å². The Hall–Kier alpha value is -2.57. The van der Waals surface area contributed by atoms with Gasteiger partial charge in [-0.25, -0.2) is 10.2 Å². The van der Waals surface area contributed by atoms with Gasteiger partial charge < -0.3 is 4.74 Å². The minimum Gasteiger partial charge on any atom is -0.443 e. The van der Waals surface area contributed by atoms with Gasteiger partial charge in [-0.1, -0.05) is 18.2 Å². The minimum absolute atomic E-state index is 0.205. The lowest BCUT2D eigenvalue weighted by molar-refractivity contribution is 0.0483. The monoisotopic (exact) mass is 276 g/mol. The molecule has 0 spiro atoms. The molecule has 0 aliphatic heterocycles. The zero-order chi connectivity index (χ0) is 14.8. The number of H-pyrrole nitrogens is 1. The summed E-state index contributed by atoms with van der Waals surface area (Å²) in [6, 6.07) is 7.21. The number of para-hydroxylation sites is 1. The van der Waals surface area contributed by atoms with Crippen LogP contribution in [0, 0.1) is 0 Å². The second-order valence-electron chi connectivity index (χ2n) is 5.20. The fourth-order valence-corrected chi connectivity index (χ4v) is 1.61. The lowest BCUT2D eigenvalue weighted by atomic mass is 10.2. The normalized spacial score (nSPS) is 11.2. The van der Waals surface area contributed by atoms with Crippen molar-refractivity contribution in [3.8, 4) is 0 Å². The van der Waals surface area contributed by atoms with Gasteiger partial charge in [0.2, 0.25) is 0 Å². The number of aromatic nitrogens is 2. The number of rotatable bonds is 1. The fraction of sp³-hybridized carbons (Fsp3) is 0.308. The Kier molecular flexibility index (Phi) is 3.60. The molecule has 0 saturated carbocycles. The van der Waals surface area contributed by atoms with Gasteiger partial charge in [0.1, 0.15) is 5.60 Å². The van der Waals surface area contributed by atoms with E-state index in [9.17, 15) is 9.59 Å². The third-order valence-electron chi connectivity index (χ3n) is 2.36. The predicted octanol–water partition coefficient (Wildman–Crippen LogP) is 1.73. The third kappa shape index (κ3) is 3.25. The van der Waals surface area contributed by atoms with Crippen molar-refractivity contribution in [2.24, 2.45) is 0 Å². The number of carbonyl (C=O) groups is 2. The number of hydrogen-bond donors (Lipinski definition) is 3. The Bertz CT molecular complexity index is 642. The molecule has 1 heterocycles. The predicted molar refractivity (Wildman–Crippen MR) is 72.9 cm³/mol. The van der Waals surface area contributed by atoms with Crippen molar-refractivity contribution in [1.82, 2.24) is 21.0 Å². The van der Waals surface area contributed by atoms with Gasteiger partial charge >= 0.3 is 6.09 Å². The molecule has 1 aromatic carbocycles. The smallest absolute Gasteiger partial charge is 0.426 e. The Balaban J connectivity index is 2.01. The fourth-order valence-electron chi connectivity index (χ4n) is 1.61. The van der Waals surface area contributed by atoms with Crippen molar-refractivity contribution in [3.63, 3.8) is 0 Å². The van der Waals surface area contributed by atoms with Crippen molar-refractivity contribution in [1.29, 1.82) is 0 Å². The number of nitrogens with zero attached hydrogens (tertiary/aromatic N) is 1. The topological polar surface area (TPSA) is 96.1 Å². The third-order valence-corrected chi connectivity index (χ3v) is 2.36. The average Bonchev–Trinajstić information content (AvgIpc) is 2.78. The van der Waals surface area contributed by atoms with Crippen LogP contribution in [0.3, 0.4) is 0 Å². The first-order valence-corrected chi connectivity index (χ1v) is 6.09. The van der Waals surface area contributed by atoms with Gasteiger partial charge in [-0.05, 0) is 26.8 Å². The van der Waals surface area contributed by atoms with E-state index in [0.29, 0.717) is 5.39 Å². The van der Waals surface area contributed by atoms with Crippen LogP contribution in [0.4, 0.5) is 4.79 Å². The standard InChI is InChI=1S/C13H16N4O3/c1-13(2,3)20-12(19)17-16-11(18)10-8-6-4-5-7-9(8)14-15-10/h4-7H,1-3H3,(H,14,15)(H,16,18)(H,17,19). The summed E-state index contributed by atoms with van der Waals surface area (Å²) in [5.41, 5.74) is 4.75. The summed E-state index contributed by atoms with van der Waals surface area (Å²) in [4.78, 5) is 23.3. The zero-order valence-electron chi connectivity index (χ0n) is 11.5. The van der Waals surface area contributed by atoms with E-state index in [1.165, 1.54) is 0 Å². The molecule has 106 valence electrons. The van der Waals surface area contributed by atoms with Crippen molar-refractivity contribution in [2.75, 3.05) is 0 Å². The Morgan fingerprint density at radius 1 is 1.20 bits per heavy atom. The highest BCUT2D eigenvalue weighted by molar-refractivity contribution is 6.04. The molecule has 20 heavy (non-hydrogen) atoms. The molecule has 0 saturated heterocycles. The quantitative estimate of drug-likeness (QED) is 0.691. The molecule has 0 radical (unpaired) electrons. The lowest BCUT2D eigenvalue weighted by Crippen LogP contribution is -2.44. The number of aromatic amines is 1. The summed E-state index contributed by atoms with van der Waals surface area (Å²) in [7, 11) is 0. The maximum atomic E-state index is 11.9. The maximum absolute atomic E-state index is 11.9. The molecule has 0 unspecified atom stereocenters. The molecule has 2 rings (SSSR count). The van der Waals surface area contributed by atoms with Gasteiger partial charge in [0, 0.05) is 5.39 Å². The van der Waals surface area contributed by atoms with Gasteiger partial charge in [-0.3, -0.25) is 15.3 Å². The van der Waals surface area contributed by atoms with Crippen molar-refractivity contribution in [2.45, 2.75) is 26.4 Å². The molecule has 2 aromatic rings. The largest absolute Gasteiger partial charge is 0.443 e. The molecule has 2 amide bonds. The zero-order valence-corrected chi connectivity index (χ0v) is 11.5. The molecular formula is C13H16N4O3. The number of ether oxygens (including phenoxy) is 1. The van der Waals surface area contributed by atoms with Crippen LogP contribution in [0.15, 0.2) is 24.3 Å². The van der Waals surface area contributed by atoms with Crippen molar-refractivity contribution in [3.05, 3.63) is 30.0 Å². The molecule has 0 atom stereocenters. The lowest BCUT2D eigenvalue weighted by Gasteiger charge is -2.19. The highest BCUT2D eigenvalue weighted by atomic mass is 16.6. The number of amides is 2. The summed E-state index contributed by atoms with van der Waals surface area (Å²) in [5.74, 6) is -0.520. The SMILES string of the molecule is CC(C)(C)OC(=O)NNC(=O)c1n[nH]c2ccccc12. The van der Waals surface area contributed by atoms with E-state index in [1.807, 2.05) is 6.07 Å². The van der Waals surface area contributed by atoms with Crippen LogP contribution in [0.1, 0.15) is 31.3 Å². The highest BCUT2D eigenvalue weighted by Crippen LogP contribution is 2.14. The average molecular weight is 276 g/mol. The first kappa shape index (κ1) is 13.9. The van der Waals surface area contributed by atoms with E-state index in [0.717, 1.165) is 5.52 Å². The second kappa shape index (κ2) is 5.20. The number of nitrogens with one attached hydrogen (secondary N) is 3. The molecule has 0 fully saturated rings. The number of carbonyl (C=O) groups excluding carboxylic acids is 2. The maximum Gasteiger partial charge on any atom is 0.426 e. The first-order valence-electron chi connectivity index (χ1n) is 6.09. The number of hydrogen-bond acceptors (Lipinski definition) is 4. The van der Waals surface area contributed by atoms with Crippen LogP contribution in [-0.2, 0) is 4.74 Å². The van der Waals surface area contributed by atoms with Gasteiger partial charge in [0.25, 0.3) is 5.91 Å². The van der Waals surface area contributed by atoms with Gasteiger partial charge in [-0.2, -0.15) is 5.10 Å². The van der Waals surface area contributed by atoms with E-state index in [2.05, 4.69) is 21.0 Å². The summed E-state index contributed by atoms with van der Waals surface area (Å²) >= 11 is 0. The first-order chi connectivity index (χ1) is 9.37. The van der Waals surface area contributed by atoms with Crippen molar-refractivity contribution < 1.29 is 14.3 Å².